The summed E-state index contributed by atoms with van der Waals surface area (Å²) in [4.78, 5) is 0. The number of rotatable bonds is 3. The Morgan fingerprint density at radius 2 is 2.00 bits per heavy atom. The fourth-order valence-electron chi connectivity index (χ4n) is 1.78. The predicted octanol–water partition coefficient (Wildman–Crippen LogP) is 4.75. The molecule has 1 atom stereocenters. The summed E-state index contributed by atoms with van der Waals surface area (Å²) in [5.74, 6) is 0.735. The fraction of sp³-hybridized carbons (Fsp3) is 0.857. The molecular weight excluding hydrogens is 212 g/mol. The summed E-state index contributed by atoms with van der Waals surface area (Å²) in [7, 11) is -1.56. The number of allylic oxidation sites excluding steroid dienone is 1. The molecule has 0 heterocycles. The van der Waals surface area contributed by atoms with Gasteiger partial charge in [-0.25, -0.2) is 0 Å². The normalized spacial score (nSPS) is 23.1. The summed E-state index contributed by atoms with van der Waals surface area (Å²) in [5, 5.41) is 0.325. The van der Waals surface area contributed by atoms with Gasteiger partial charge in [0.2, 0.25) is 0 Å². The summed E-state index contributed by atoms with van der Waals surface area (Å²) in [6.07, 6.45) is 6.35. The van der Waals surface area contributed by atoms with Crippen molar-refractivity contribution in [2.24, 2.45) is 5.92 Å². The van der Waals surface area contributed by atoms with E-state index < -0.39 is 8.32 Å². The zero-order valence-electron chi connectivity index (χ0n) is 11.9. The van der Waals surface area contributed by atoms with E-state index in [0.717, 1.165) is 12.5 Å². The van der Waals surface area contributed by atoms with Gasteiger partial charge in [-0.15, -0.1) is 0 Å². The molecule has 1 rings (SSSR count). The monoisotopic (exact) mass is 240 g/mol. The Labute approximate surface area is 102 Å². The van der Waals surface area contributed by atoms with E-state index in [1.165, 1.54) is 24.8 Å². The van der Waals surface area contributed by atoms with Crippen LogP contribution in [0.5, 0.6) is 0 Å². The largest absolute Gasteiger partial charge is 0.413 e. The third kappa shape index (κ3) is 3.46. The lowest BCUT2D eigenvalue weighted by Crippen LogP contribution is -2.41. The second-order valence-electron chi connectivity index (χ2n) is 6.66. The number of hydrogen-bond acceptors (Lipinski definition) is 1. The van der Waals surface area contributed by atoms with Crippen LogP contribution in [-0.4, -0.2) is 14.9 Å². The first-order valence-corrected chi connectivity index (χ1v) is 9.48. The first kappa shape index (κ1) is 14.0. The van der Waals surface area contributed by atoms with Gasteiger partial charge in [-0.05, 0) is 48.9 Å². The van der Waals surface area contributed by atoms with Crippen molar-refractivity contribution in [3.63, 3.8) is 0 Å². The van der Waals surface area contributed by atoms with Crippen LogP contribution in [0.1, 0.15) is 47.0 Å². The Morgan fingerprint density at radius 3 is 2.50 bits per heavy atom. The summed E-state index contributed by atoms with van der Waals surface area (Å²) in [6.45, 7) is 14.8. The summed E-state index contributed by atoms with van der Waals surface area (Å²) >= 11 is 0. The van der Waals surface area contributed by atoms with Crippen molar-refractivity contribution in [1.29, 1.82) is 0 Å². The zero-order valence-corrected chi connectivity index (χ0v) is 12.9. The second-order valence-corrected chi connectivity index (χ2v) is 11.5. The maximum atomic E-state index is 6.27. The molecule has 1 aliphatic carbocycles. The third-order valence-corrected chi connectivity index (χ3v) is 8.77. The van der Waals surface area contributed by atoms with Crippen molar-refractivity contribution in [1.82, 2.24) is 0 Å². The van der Waals surface area contributed by atoms with E-state index in [0.29, 0.717) is 5.04 Å². The summed E-state index contributed by atoms with van der Waals surface area (Å²) in [6, 6.07) is 0. The van der Waals surface area contributed by atoms with E-state index in [4.69, 9.17) is 4.43 Å². The quantitative estimate of drug-likeness (QED) is 0.511. The van der Waals surface area contributed by atoms with Crippen molar-refractivity contribution in [3.05, 3.63) is 11.6 Å². The van der Waals surface area contributed by atoms with Gasteiger partial charge in [-0.3, -0.25) is 0 Å². The summed E-state index contributed by atoms with van der Waals surface area (Å²) in [5.41, 5.74) is 1.54. The molecular formula is C14H28OSi. The Balaban J connectivity index is 2.54. The molecule has 16 heavy (non-hydrogen) atoms. The zero-order chi connectivity index (χ0) is 12.4. The van der Waals surface area contributed by atoms with Crippen LogP contribution in [0.4, 0.5) is 0 Å². The maximum absolute atomic E-state index is 6.27. The molecule has 0 saturated heterocycles. The Kier molecular flexibility index (Phi) is 4.41. The molecule has 94 valence electrons. The molecule has 0 bridgehead atoms. The van der Waals surface area contributed by atoms with Crippen LogP contribution < -0.4 is 0 Å². The standard InChI is InChI=1S/C14H28OSi/c1-12-9-7-8-10-13(12)11-15-16(5,6)14(2,3)4/h10,12H,7-9,11H2,1-6H3. The van der Waals surface area contributed by atoms with Gasteiger partial charge in [0, 0.05) is 0 Å². The second kappa shape index (κ2) is 5.05. The Morgan fingerprint density at radius 1 is 1.38 bits per heavy atom. The highest BCUT2D eigenvalue weighted by Crippen LogP contribution is 2.37. The molecule has 0 aromatic rings. The van der Waals surface area contributed by atoms with Crippen LogP contribution in [-0.2, 0) is 4.43 Å². The average molecular weight is 240 g/mol. The van der Waals surface area contributed by atoms with Gasteiger partial charge in [0.25, 0.3) is 0 Å². The molecule has 0 saturated carbocycles. The van der Waals surface area contributed by atoms with Crippen LogP contribution in [0.15, 0.2) is 11.6 Å². The van der Waals surface area contributed by atoms with E-state index in [1.807, 2.05) is 0 Å². The van der Waals surface area contributed by atoms with Crippen LogP contribution >= 0.6 is 0 Å². The fourth-order valence-corrected chi connectivity index (χ4v) is 2.74. The topological polar surface area (TPSA) is 9.23 Å². The van der Waals surface area contributed by atoms with Gasteiger partial charge >= 0.3 is 0 Å². The van der Waals surface area contributed by atoms with Crippen LogP contribution in [0.25, 0.3) is 0 Å². The minimum Gasteiger partial charge on any atom is -0.413 e. The third-order valence-electron chi connectivity index (χ3n) is 4.29. The highest BCUT2D eigenvalue weighted by molar-refractivity contribution is 6.74. The molecule has 0 fully saturated rings. The lowest BCUT2D eigenvalue weighted by atomic mass is 9.90. The SMILES string of the molecule is CC1CCCC=C1CO[Si](C)(C)C(C)(C)C. The lowest BCUT2D eigenvalue weighted by Gasteiger charge is -2.37. The van der Waals surface area contributed by atoms with Crippen molar-refractivity contribution >= 4 is 8.32 Å². The molecule has 1 nitrogen and oxygen atoms in total. The average Bonchev–Trinajstić information content (AvgIpc) is 2.15. The van der Waals surface area contributed by atoms with E-state index >= 15 is 0 Å². The molecule has 2 heteroatoms. The molecule has 0 spiro atoms. The van der Waals surface area contributed by atoms with E-state index in [1.54, 1.807) is 0 Å². The smallest absolute Gasteiger partial charge is 0.192 e. The molecule has 0 aromatic heterocycles. The number of hydrogen-bond donors (Lipinski definition) is 0. The van der Waals surface area contributed by atoms with Crippen molar-refractivity contribution in [2.75, 3.05) is 6.61 Å². The Hall–Kier alpha value is -0.0831. The van der Waals surface area contributed by atoms with Crippen molar-refractivity contribution < 1.29 is 4.43 Å². The molecule has 0 aromatic carbocycles. The minimum absolute atomic E-state index is 0.325. The van der Waals surface area contributed by atoms with Gasteiger partial charge in [-0.2, -0.15) is 0 Å². The van der Waals surface area contributed by atoms with Gasteiger partial charge in [0.1, 0.15) is 0 Å². The minimum atomic E-state index is -1.56. The predicted molar refractivity (Wildman–Crippen MR) is 74.2 cm³/mol. The lowest BCUT2D eigenvalue weighted by molar-refractivity contribution is 0.300. The Bertz CT molecular complexity index is 260. The van der Waals surface area contributed by atoms with Gasteiger partial charge in [-0.1, -0.05) is 33.8 Å². The van der Waals surface area contributed by atoms with Crippen molar-refractivity contribution in [2.45, 2.75) is 65.1 Å². The first-order chi connectivity index (χ1) is 7.24. The highest BCUT2D eigenvalue weighted by Gasteiger charge is 2.37. The van der Waals surface area contributed by atoms with Crippen LogP contribution in [0, 0.1) is 5.92 Å². The van der Waals surface area contributed by atoms with Gasteiger partial charge in [0.05, 0.1) is 6.61 Å². The highest BCUT2D eigenvalue weighted by atomic mass is 28.4. The molecule has 1 aliphatic rings. The first-order valence-electron chi connectivity index (χ1n) is 6.57. The van der Waals surface area contributed by atoms with Crippen LogP contribution in [0.2, 0.25) is 18.1 Å². The molecule has 0 N–H and O–H groups in total. The van der Waals surface area contributed by atoms with Crippen LogP contribution in [0.3, 0.4) is 0 Å². The maximum Gasteiger partial charge on any atom is 0.192 e. The van der Waals surface area contributed by atoms with E-state index in [9.17, 15) is 0 Å². The molecule has 0 amide bonds. The van der Waals surface area contributed by atoms with Crippen molar-refractivity contribution in [3.8, 4) is 0 Å². The molecule has 1 unspecified atom stereocenters. The molecule has 0 aliphatic heterocycles. The van der Waals surface area contributed by atoms with E-state index in [-0.39, 0.29) is 0 Å². The van der Waals surface area contributed by atoms with E-state index in [2.05, 4.69) is 46.9 Å². The van der Waals surface area contributed by atoms with Gasteiger partial charge < -0.3 is 4.43 Å². The molecule has 0 radical (unpaired) electrons. The summed E-state index contributed by atoms with van der Waals surface area (Å²) < 4.78 is 6.27. The van der Waals surface area contributed by atoms with Gasteiger partial charge in [0.15, 0.2) is 8.32 Å².